The Balaban J connectivity index is 4.10. The summed E-state index contributed by atoms with van der Waals surface area (Å²) in [5, 5.41) is 14.1. The molecule has 0 fully saturated rings. The van der Waals surface area contributed by atoms with Crippen molar-refractivity contribution in [1.29, 1.82) is 0 Å². The molecule has 0 spiro atoms. The van der Waals surface area contributed by atoms with Gasteiger partial charge in [0.1, 0.15) is 6.04 Å². The maximum Gasteiger partial charge on any atom is 0.326 e. The van der Waals surface area contributed by atoms with E-state index in [1.54, 1.807) is 13.8 Å². The first kappa shape index (κ1) is 15.7. The Morgan fingerprint density at radius 1 is 1.18 bits per heavy atom. The quantitative estimate of drug-likeness (QED) is 0.640. The minimum atomic E-state index is -1.00. The molecule has 0 aliphatic heterocycles. The van der Waals surface area contributed by atoms with Crippen LogP contribution in [0.25, 0.3) is 0 Å². The number of carbonyl (C=O) groups excluding carboxylic acids is 1. The van der Waals surface area contributed by atoms with E-state index in [4.69, 9.17) is 5.11 Å². The monoisotopic (exact) mass is 244 g/mol. The summed E-state index contributed by atoms with van der Waals surface area (Å²) in [6, 6.07) is -1.18. The molecule has 0 radical (unpaired) electrons. The van der Waals surface area contributed by atoms with Crippen LogP contribution in [0.1, 0.15) is 47.0 Å². The Kier molecular flexibility index (Phi) is 7.34. The molecule has 0 aliphatic rings. The van der Waals surface area contributed by atoms with Crippen LogP contribution >= 0.6 is 0 Å². The number of rotatable bonds is 7. The number of nitrogens with one attached hydrogen (secondary N) is 2. The van der Waals surface area contributed by atoms with Gasteiger partial charge < -0.3 is 15.7 Å². The van der Waals surface area contributed by atoms with Crippen LogP contribution in [-0.2, 0) is 4.79 Å². The van der Waals surface area contributed by atoms with Gasteiger partial charge in [-0.15, -0.1) is 0 Å². The SMILES string of the molecule is CCCCC(C)NC(=O)NC(C(=O)O)C(C)C. The van der Waals surface area contributed by atoms with E-state index < -0.39 is 18.0 Å². The zero-order chi connectivity index (χ0) is 13.4. The van der Waals surface area contributed by atoms with Crippen molar-refractivity contribution in [2.75, 3.05) is 0 Å². The minimum Gasteiger partial charge on any atom is -0.480 e. The number of urea groups is 1. The van der Waals surface area contributed by atoms with Gasteiger partial charge in [-0.25, -0.2) is 9.59 Å². The third-order valence-corrected chi connectivity index (χ3v) is 2.59. The predicted octanol–water partition coefficient (Wildman–Crippen LogP) is 1.97. The van der Waals surface area contributed by atoms with Crippen LogP contribution in [-0.4, -0.2) is 29.2 Å². The highest BCUT2D eigenvalue weighted by molar-refractivity contribution is 5.82. The van der Waals surface area contributed by atoms with Crippen LogP contribution in [0.4, 0.5) is 4.79 Å². The summed E-state index contributed by atoms with van der Waals surface area (Å²) in [5.41, 5.74) is 0. The lowest BCUT2D eigenvalue weighted by molar-refractivity contribution is -0.140. The topological polar surface area (TPSA) is 78.4 Å². The van der Waals surface area contributed by atoms with Crippen LogP contribution in [0.2, 0.25) is 0 Å². The van der Waals surface area contributed by atoms with Gasteiger partial charge in [0.15, 0.2) is 0 Å². The molecule has 2 unspecified atom stereocenters. The highest BCUT2D eigenvalue weighted by Gasteiger charge is 2.23. The van der Waals surface area contributed by atoms with Crippen molar-refractivity contribution >= 4 is 12.0 Å². The van der Waals surface area contributed by atoms with Gasteiger partial charge in [-0.3, -0.25) is 0 Å². The van der Waals surface area contributed by atoms with Crippen LogP contribution in [0, 0.1) is 5.92 Å². The first-order chi connectivity index (χ1) is 7.88. The maximum atomic E-state index is 11.6. The third kappa shape index (κ3) is 6.81. The van der Waals surface area contributed by atoms with E-state index in [1.165, 1.54) is 0 Å². The number of carboxylic acids is 1. The molecular formula is C12H24N2O3. The first-order valence-corrected chi connectivity index (χ1v) is 6.18. The average molecular weight is 244 g/mol. The normalized spacial score (nSPS) is 14.2. The zero-order valence-electron chi connectivity index (χ0n) is 11.1. The summed E-state index contributed by atoms with van der Waals surface area (Å²) in [6.07, 6.45) is 3.04. The van der Waals surface area contributed by atoms with E-state index in [0.29, 0.717) is 0 Å². The molecular weight excluding hydrogens is 220 g/mol. The molecule has 5 nitrogen and oxygen atoms in total. The average Bonchev–Trinajstić information content (AvgIpc) is 2.22. The molecule has 17 heavy (non-hydrogen) atoms. The van der Waals surface area contributed by atoms with Crippen molar-refractivity contribution < 1.29 is 14.7 Å². The third-order valence-electron chi connectivity index (χ3n) is 2.59. The van der Waals surface area contributed by atoms with E-state index in [2.05, 4.69) is 17.6 Å². The summed E-state index contributed by atoms with van der Waals surface area (Å²) in [5.74, 6) is -1.14. The van der Waals surface area contributed by atoms with Gasteiger partial charge in [0, 0.05) is 6.04 Å². The standard InChI is InChI=1S/C12H24N2O3/c1-5-6-7-9(4)13-12(17)14-10(8(2)3)11(15)16/h8-10H,5-7H2,1-4H3,(H,15,16)(H2,13,14,17). The molecule has 2 atom stereocenters. The lowest BCUT2D eigenvalue weighted by Crippen LogP contribution is -2.50. The molecule has 3 N–H and O–H groups in total. The van der Waals surface area contributed by atoms with Gasteiger partial charge >= 0.3 is 12.0 Å². The molecule has 2 amide bonds. The fourth-order valence-corrected chi connectivity index (χ4v) is 1.50. The van der Waals surface area contributed by atoms with Crippen LogP contribution in [0.5, 0.6) is 0 Å². The number of amides is 2. The highest BCUT2D eigenvalue weighted by Crippen LogP contribution is 2.02. The summed E-state index contributed by atoms with van der Waals surface area (Å²) in [4.78, 5) is 22.4. The Labute approximate surface area is 103 Å². The fourth-order valence-electron chi connectivity index (χ4n) is 1.50. The predicted molar refractivity (Wildman–Crippen MR) is 66.9 cm³/mol. The summed E-state index contributed by atoms with van der Waals surface area (Å²) in [7, 11) is 0. The molecule has 5 heteroatoms. The smallest absolute Gasteiger partial charge is 0.326 e. The summed E-state index contributed by atoms with van der Waals surface area (Å²) >= 11 is 0. The van der Waals surface area contributed by atoms with Crippen LogP contribution < -0.4 is 10.6 Å². The summed E-state index contributed by atoms with van der Waals surface area (Å²) in [6.45, 7) is 7.53. The van der Waals surface area contributed by atoms with Gasteiger partial charge in [0.25, 0.3) is 0 Å². The second-order valence-electron chi connectivity index (χ2n) is 4.72. The van der Waals surface area contributed by atoms with E-state index in [0.717, 1.165) is 19.3 Å². The number of aliphatic carboxylic acids is 1. The number of carboxylic acid groups (broad SMARTS) is 1. The highest BCUT2D eigenvalue weighted by atomic mass is 16.4. The largest absolute Gasteiger partial charge is 0.480 e. The van der Waals surface area contributed by atoms with Crippen molar-refractivity contribution in [2.45, 2.75) is 59.0 Å². The minimum absolute atomic E-state index is 0.0663. The molecule has 0 heterocycles. The molecule has 0 saturated carbocycles. The molecule has 0 bridgehead atoms. The molecule has 0 aromatic carbocycles. The van der Waals surface area contributed by atoms with E-state index in [9.17, 15) is 9.59 Å². The first-order valence-electron chi connectivity index (χ1n) is 6.18. The number of unbranched alkanes of at least 4 members (excludes halogenated alkanes) is 1. The Morgan fingerprint density at radius 3 is 2.18 bits per heavy atom. The Hall–Kier alpha value is -1.26. The molecule has 100 valence electrons. The van der Waals surface area contributed by atoms with Gasteiger partial charge in [0.05, 0.1) is 0 Å². The number of hydrogen-bond acceptors (Lipinski definition) is 2. The van der Waals surface area contributed by atoms with E-state index in [1.807, 2.05) is 6.92 Å². The zero-order valence-corrected chi connectivity index (χ0v) is 11.1. The summed E-state index contributed by atoms with van der Waals surface area (Å²) < 4.78 is 0. The second-order valence-corrected chi connectivity index (χ2v) is 4.72. The lowest BCUT2D eigenvalue weighted by atomic mass is 10.1. The van der Waals surface area contributed by atoms with Crippen LogP contribution in [0.15, 0.2) is 0 Å². The maximum absolute atomic E-state index is 11.6. The molecule has 0 saturated heterocycles. The van der Waals surface area contributed by atoms with Gasteiger partial charge in [0.2, 0.25) is 0 Å². The van der Waals surface area contributed by atoms with Crippen molar-refractivity contribution in [2.24, 2.45) is 5.92 Å². The lowest BCUT2D eigenvalue weighted by Gasteiger charge is -2.20. The van der Waals surface area contributed by atoms with Gasteiger partial charge in [-0.2, -0.15) is 0 Å². The molecule has 0 rings (SSSR count). The number of carbonyl (C=O) groups is 2. The second kappa shape index (κ2) is 7.92. The Morgan fingerprint density at radius 2 is 1.76 bits per heavy atom. The fraction of sp³-hybridized carbons (Fsp3) is 0.833. The van der Waals surface area contributed by atoms with E-state index >= 15 is 0 Å². The van der Waals surface area contributed by atoms with Crippen molar-refractivity contribution in [3.63, 3.8) is 0 Å². The molecule has 0 aromatic rings. The van der Waals surface area contributed by atoms with Crippen molar-refractivity contribution in [3.05, 3.63) is 0 Å². The number of hydrogen-bond donors (Lipinski definition) is 3. The van der Waals surface area contributed by atoms with Crippen molar-refractivity contribution in [1.82, 2.24) is 10.6 Å². The molecule has 0 aromatic heterocycles. The van der Waals surface area contributed by atoms with Gasteiger partial charge in [-0.1, -0.05) is 33.6 Å². The van der Waals surface area contributed by atoms with E-state index in [-0.39, 0.29) is 12.0 Å². The Bertz CT molecular complexity index is 254. The van der Waals surface area contributed by atoms with Gasteiger partial charge in [-0.05, 0) is 19.3 Å². The van der Waals surface area contributed by atoms with Crippen molar-refractivity contribution in [3.8, 4) is 0 Å². The van der Waals surface area contributed by atoms with Crippen LogP contribution in [0.3, 0.4) is 0 Å². The molecule has 0 aliphatic carbocycles.